The Bertz CT molecular complexity index is 417. The number of piperidine rings is 1. The minimum atomic E-state index is 0.558. The highest BCUT2D eigenvalue weighted by atomic mass is 15.2. The molecule has 16 heavy (non-hydrogen) atoms. The molecule has 1 fully saturated rings. The molecule has 1 aromatic rings. The SMILES string of the molecule is Cc1ccc(C#N)c(N2CCCCC2C)c1. The van der Waals surface area contributed by atoms with Crippen LogP contribution in [0.15, 0.2) is 18.2 Å². The van der Waals surface area contributed by atoms with Crippen molar-refractivity contribution in [3.8, 4) is 6.07 Å². The number of rotatable bonds is 1. The van der Waals surface area contributed by atoms with Gasteiger partial charge in [-0.25, -0.2) is 0 Å². The maximum Gasteiger partial charge on any atom is 0.101 e. The van der Waals surface area contributed by atoms with Gasteiger partial charge in [-0.05, 0) is 50.8 Å². The van der Waals surface area contributed by atoms with Crippen LogP contribution in [0, 0.1) is 18.3 Å². The molecule has 0 spiro atoms. The fourth-order valence-corrected chi connectivity index (χ4v) is 2.43. The van der Waals surface area contributed by atoms with E-state index >= 15 is 0 Å². The standard InChI is InChI=1S/C14H18N2/c1-11-6-7-13(10-15)14(9-11)16-8-4-3-5-12(16)2/h6-7,9,12H,3-5,8H2,1-2H3. The number of aryl methyl sites for hydroxylation is 1. The molecule has 2 rings (SSSR count). The number of hydrogen-bond donors (Lipinski definition) is 0. The summed E-state index contributed by atoms with van der Waals surface area (Å²) in [5.41, 5.74) is 3.15. The Balaban J connectivity index is 2.38. The predicted octanol–water partition coefficient (Wildman–Crippen LogP) is 3.25. The van der Waals surface area contributed by atoms with Crippen molar-refractivity contribution in [3.05, 3.63) is 29.3 Å². The number of nitrogens with zero attached hydrogens (tertiary/aromatic N) is 2. The van der Waals surface area contributed by atoms with E-state index in [4.69, 9.17) is 5.26 Å². The lowest BCUT2D eigenvalue weighted by atomic mass is 10.0. The van der Waals surface area contributed by atoms with Crippen LogP contribution in [-0.4, -0.2) is 12.6 Å². The van der Waals surface area contributed by atoms with Crippen LogP contribution in [-0.2, 0) is 0 Å². The van der Waals surface area contributed by atoms with Crippen molar-refractivity contribution < 1.29 is 0 Å². The van der Waals surface area contributed by atoms with E-state index in [2.05, 4.69) is 30.9 Å². The summed E-state index contributed by atoms with van der Waals surface area (Å²) < 4.78 is 0. The Morgan fingerprint density at radius 2 is 2.19 bits per heavy atom. The maximum atomic E-state index is 9.15. The topological polar surface area (TPSA) is 27.0 Å². The Morgan fingerprint density at radius 1 is 1.38 bits per heavy atom. The molecule has 0 amide bonds. The summed E-state index contributed by atoms with van der Waals surface area (Å²) in [6, 6.07) is 8.94. The first-order valence-corrected chi connectivity index (χ1v) is 6.00. The van der Waals surface area contributed by atoms with Crippen LogP contribution in [0.25, 0.3) is 0 Å². The van der Waals surface area contributed by atoms with Gasteiger partial charge in [0.05, 0.1) is 11.3 Å². The van der Waals surface area contributed by atoms with E-state index in [1.165, 1.54) is 24.8 Å². The molecule has 1 aliphatic heterocycles. The minimum Gasteiger partial charge on any atom is -0.368 e. The van der Waals surface area contributed by atoms with Gasteiger partial charge in [0.1, 0.15) is 6.07 Å². The third-order valence-corrected chi connectivity index (χ3v) is 3.39. The minimum absolute atomic E-state index is 0.558. The second kappa shape index (κ2) is 4.57. The van der Waals surface area contributed by atoms with Crippen molar-refractivity contribution in [1.82, 2.24) is 0 Å². The van der Waals surface area contributed by atoms with Crippen LogP contribution in [0.1, 0.15) is 37.3 Å². The van der Waals surface area contributed by atoms with Crippen molar-refractivity contribution in [3.63, 3.8) is 0 Å². The Labute approximate surface area is 97.5 Å². The van der Waals surface area contributed by atoms with E-state index < -0.39 is 0 Å². The van der Waals surface area contributed by atoms with Crippen molar-refractivity contribution in [2.24, 2.45) is 0 Å². The van der Waals surface area contributed by atoms with Crippen LogP contribution in [0.2, 0.25) is 0 Å². The predicted molar refractivity (Wildman–Crippen MR) is 66.6 cm³/mol. The second-order valence-corrected chi connectivity index (χ2v) is 4.67. The largest absolute Gasteiger partial charge is 0.368 e. The smallest absolute Gasteiger partial charge is 0.101 e. The van der Waals surface area contributed by atoms with Crippen LogP contribution in [0.3, 0.4) is 0 Å². The molecular weight excluding hydrogens is 196 g/mol. The fraction of sp³-hybridized carbons (Fsp3) is 0.500. The van der Waals surface area contributed by atoms with E-state index in [1.54, 1.807) is 0 Å². The van der Waals surface area contributed by atoms with Gasteiger partial charge in [-0.1, -0.05) is 6.07 Å². The number of benzene rings is 1. The van der Waals surface area contributed by atoms with Gasteiger partial charge >= 0.3 is 0 Å². The monoisotopic (exact) mass is 214 g/mol. The van der Waals surface area contributed by atoms with E-state index in [1.807, 2.05) is 12.1 Å². The molecule has 1 unspecified atom stereocenters. The molecule has 1 aromatic carbocycles. The molecule has 1 aliphatic rings. The first-order valence-electron chi connectivity index (χ1n) is 6.00. The van der Waals surface area contributed by atoms with E-state index in [0.717, 1.165) is 17.8 Å². The van der Waals surface area contributed by atoms with Gasteiger partial charge in [-0.2, -0.15) is 5.26 Å². The lowest BCUT2D eigenvalue weighted by Gasteiger charge is -2.36. The van der Waals surface area contributed by atoms with Crippen molar-refractivity contribution >= 4 is 5.69 Å². The van der Waals surface area contributed by atoms with Crippen molar-refractivity contribution in [2.75, 3.05) is 11.4 Å². The van der Waals surface area contributed by atoms with Crippen molar-refractivity contribution in [1.29, 1.82) is 5.26 Å². The zero-order valence-electron chi connectivity index (χ0n) is 10.0. The summed E-state index contributed by atoms with van der Waals surface area (Å²) in [6.07, 6.45) is 3.79. The van der Waals surface area contributed by atoms with E-state index in [-0.39, 0.29) is 0 Å². The Morgan fingerprint density at radius 3 is 2.88 bits per heavy atom. The van der Waals surface area contributed by atoms with Crippen LogP contribution in [0.5, 0.6) is 0 Å². The zero-order chi connectivity index (χ0) is 11.5. The number of anilines is 1. The van der Waals surface area contributed by atoms with Gasteiger partial charge in [0.25, 0.3) is 0 Å². The molecule has 84 valence electrons. The summed E-state index contributed by atoms with van der Waals surface area (Å²) in [4.78, 5) is 2.38. The Hall–Kier alpha value is -1.49. The molecule has 0 saturated carbocycles. The highest BCUT2D eigenvalue weighted by molar-refractivity contribution is 5.61. The molecule has 2 heteroatoms. The molecule has 2 nitrogen and oxygen atoms in total. The van der Waals surface area contributed by atoms with Crippen LogP contribution >= 0.6 is 0 Å². The van der Waals surface area contributed by atoms with Gasteiger partial charge in [0, 0.05) is 12.6 Å². The molecule has 0 aliphatic carbocycles. The molecule has 0 bridgehead atoms. The van der Waals surface area contributed by atoms with Gasteiger partial charge in [0.2, 0.25) is 0 Å². The average molecular weight is 214 g/mol. The summed E-state index contributed by atoms with van der Waals surface area (Å²) in [7, 11) is 0. The molecule has 0 N–H and O–H groups in total. The molecule has 1 atom stereocenters. The second-order valence-electron chi connectivity index (χ2n) is 4.67. The molecule has 1 heterocycles. The van der Waals surface area contributed by atoms with Crippen LogP contribution < -0.4 is 4.90 Å². The normalized spacial score (nSPS) is 20.6. The van der Waals surface area contributed by atoms with Crippen LogP contribution in [0.4, 0.5) is 5.69 Å². The van der Waals surface area contributed by atoms with Crippen molar-refractivity contribution in [2.45, 2.75) is 39.2 Å². The summed E-state index contributed by atoms with van der Waals surface area (Å²) in [5.74, 6) is 0. The molecule has 0 radical (unpaired) electrons. The first-order chi connectivity index (χ1) is 7.72. The highest BCUT2D eigenvalue weighted by Crippen LogP contribution is 2.28. The lowest BCUT2D eigenvalue weighted by Crippen LogP contribution is -2.37. The van der Waals surface area contributed by atoms with Gasteiger partial charge in [-0.3, -0.25) is 0 Å². The fourth-order valence-electron chi connectivity index (χ4n) is 2.43. The first kappa shape index (κ1) is 11.0. The number of nitriles is 1. The summed E-state index contributed by atoms with van der Waals surface area (Å²) in [5, 5.41) is 9.15. The van der Waals surface area contributed by atoms with Gasteiger partial charge < -0.3 is 4.90 Å². The lowest BCUT2D eigenvalue weighted by molar-refractivity contribution is 0.484. The van der Waals surface area contributed by atoms with E-state index in [9.17, 15) is 0 Å². The number of hydrogen-bond acceptors (Lipinski definition) is 2. The molecule has 0 aromatic heterocycles. The molecular formula is C14H18N2. The molecule has 1 saturated heterocycles. The maximum absolute atomic E-state index is 9.15. The summed E-state index contributed by atoms with van der Waals surface area (Å²) in [6.45, 7) is 5.42. The average Bonchev–Trinajstić information content (AvgIpc) is 2.29. The Kier molecular flexibility index (Phi) is 3.14. The third-order valence-electron chi connectivity index (χ3n) is 3.39. The highest BCUT2D eigenvalue weighted by Gasteiger charge is 2.20. The van der Waals surface area contributed by atoms with Gasteiger partial charge in [0.15, 0.2) is 0 Å². The zero-order valence-corrected chi connectivity index (χ0v) is 10.0. The summed E-state index contributed by atoms with van der Waals surface area (Å²) >= 11 is 0. The van der Waals surface area contributed by atoms with Gasteiger partial charge in [-0.15, -0.1) is 0 Å². The van der Waals surface area contributed by atoms with E-state index in [0.29, 0.717) is 6.04 Å². The third kappa shape index (κ3) is 2.04. The quantitative estimate of drug-likeness (QED) is 0.717.